The molecule has 1 fully saturated rings. The molecule has 0 saturated carbocycles. The maximum Gasteiger partial charge on any atom is 0.573 e. The van der Waals surface area contributed by atoms with E-state index in [1.165, 1.54) is 12.3 Å². The van der Waals surface area contributed by atoms with Gasteiger partial charge >= 0.3 is 6.36 Å². The van der Waals surface area contributed by atoms with Gasteiger partial charge in [-0.15, -0.1) is 13.2 Å². The topological polar surface area (TPSA) is 78.4 Å². The Hall–Kier alpha value is -2.75. The first-order valence-electron chi connectivity index (χ1n) is 9.73. The summed E-state index contributed by atoms with van der Waals surface area (Å²) in [6.07, 6.45) is -0.914. The number of allylic oxidation sites excluding steroid dienone is 1. The van der Waals surface area contributed by atoms with Gasteiger partial charge in [-0.25, -0.2) is 9.97 Å². The van der Waals surface area contributed by atoms with Gasteiger partial charge in [0, 0.05) is 55.6 Å². The van der Waals surface area contributed by atoms with Crippen LogP contribution in [0.25, 0.3) is 11.3 Å². The molecule has 30 heavy (non-hydrogen) atoms. The number of ether oxygens (including phenoxy) is 2. The number of aromatic nitrogens is 3. The highest BCUT2D eigenvalue weighted by Crippen LogP contribution is 2.31. The number of anilines is 1. The van der Waals surface area contributed by atoms with Crippen molar-refractivity contribution in [1.82, 2.24) is 19.4 Å². The summed E-state index contributed by atoms with van der Waals surface area (Å²) in [5.41, 5.74) is 7.46. The number of nitrogens with zero attached hydrogens (tertiary/aromatic N) is 4. The number of imidazole rings is 1. The number of hydrogen-bond donors (Lipinski definition) is 1. The van der Waals surface area contributed by atoms with Crippen LogP contribution in [-0.2, 0) is 11.3 Å². The van der Waals surface area contributed by atoms with E-state index in [2.05, 4.69) is 26.2 Å². The van der Waals surface area contributed by atoms with Gasteiger partial charge in [-0.1, -0.05) is 20.4 Å². The summed E-state index contributed by atoms with van der Waals surface area (Å²) in [7, 11) is 0. The highest BCUT2D eigenvalue weighted by molar-refractivity contribution is 5.63. The van der Waals surface area contributed by atoms with E-state index >= 15 is 0 Å². The fourth-order valence-corrected chi connectivity index (χ4v) is 3.30. The van der Waals surface area contributed by atoms with Gasteiger partial charge in [-0.2, -0.15) is 0 Å². The predicted molar refractivity (Wildman–Crippen MR) is 107 cm³/mol. The SMILES string of the molecule is C=C(CCn1cc(-c2cnc(N)c(OC(F)(F)F)c2)nc1C(C)C)N1CCOCC1. The van der Waals surface area contributed by atoms with Crippen molar-refractivity contribution in [3.05, 3.63) is 36.6 Å². The smallest absolute Gasteiger partial charge is 0.402 e. The summed E-state index contributed by atoms with van der Waals surface area (Å²) < 4.78 is 49.2. The second-order valence-corrected chi connectivity index (χ2v) is 7.40. The van der Waals surface area contributed by atoms with Gasteiger partial charge in [0.15, 0.2) is 11.6 Å². The number of rotatable bonds is 7. The number of aryl methyl sites for hydroxylation is 1. The molecule has 1 aliphatic rings. The van der Waals surface area contributed by atoms with Crippen molar-refractivity contribution >= 4 is 5.82 Å². The summed E-state index contributed by atoms with van der Waals surface area (Å²) >= 11 is 0. The Bertz CT molecular complexity index is 889. The number of nitrogen functional groups attached to an aromatic ring is 1. The summed E-state index contributed by atoms with van der Waals surface area (Å²) in [5.74, 6) is 0.0840. The number of pyridine rings is 1. The third-order valence-electron chi connectivity index (χ3n) is 4.83. The van der Waals surface area contributed by atoms with Crippen molar-refractivity contribution in [2.24, 2.45) is 0 Å². The maximum absolute atomic E-state index is 12.6. The molecule has 3 rings (SSSR count). The van der Waals surface area contributed by atoms with Gasteiger partial charge in [0.05, 0.1) is 18.9 Å². The van der Waals surface area contributed by atoms with Crippen LogP contribution >= 0.6 is 0 Å². The Morgan fingerprint density at radius 3 is 2.67 bits per heavy atom. The average molecular weight is 425 g/mol. The molecule has 0 spiro atoms. The summed E-state index contributed by atoms with van der Waals surface area (Å²) in [5, 5.41) is 0. The summed E-state index contributed by atoms with van der Waals surface area (Å²) in [4.78, 5) is 10.7. The number of hydrogen-bond acceptors (Lipinski definition) is 6. The molecular weight excluding hydrogens is 399 g/mol. The van der Waals surface area contributed by atoms with Gasteiger partial charge in [0.25, 0.3) is 0 Å². The second kappa shape index (κ2) is 8.95. The van der Waals surface area contributed by atoms with Gasteiger partial charge < -0.3 is 24.7 Å². The molecule has 10 heteroatoms. The molecule has 1 saturated heterocycles. The predicted octanol–water partition coefficient (Wildman–Crippen LogP) is 3.79. The molecular formula is C20H26F3N5O2. The number of halogens is 3. The van der Waals surface area contributed by atoms with E-state index in [1.807, 2.05) is 24.6 Å². The first-order valence-corrected chi connectivity index (χ1v) is 9.73. The van der Waals surface area contributed by atoms with Crippen molar-refractivity contribution < 1.29 is 22.6 Å². The molecule has 2 aromatic heterocycles. The molecule has 0 radical (unpaired) electrons. The van der Waals surface area contributed by atoms with Crippen LogP contribution in [-0.4, -0.2) is 52.1 Å². The lowest BCUT2D eigenvalue weighted by Gasteiger charge is -2.30. The van der Waals surface area contributed by atoms with Crippen LogP contribution in [0.5, 0.6) is 5.75 Å². The highest BCUT2D eigenvalue weighted by Gasteiger charge is 2.32. The Morgan fingerprint density at radius 1 is 1.33 bits per heavy atom. The molecule has 0 atom stereocenters. The van der Waals surface area contributed by atoms with Crippen LogP contribution in [0.3, 0.4) is 0 Å². The van der Waals surface area contributed by atoms with E-state index < -0.39 is 12.1 Å². The van der Waals surface area contributed by atoms with Crippen molar-refractivity contribution in [3.63, 3.8) is 0 Å². The van der Waals surface area contributed by atoms with Crippen molar-refractivity contribution in [2.75, 3.05) is 32.0 Å². The first-order chi connectivity index (χ1) is 14.1. The lowest BCUT2D eigenvalue weighted by Crippen LogP contribution is -2.35. The minimum Gasteiger partial charge on any atom is -0.402 e. The van der Waals surface area contributed by atoms with E-state index in [4.69, 9.17) is 10.5 Å². The normalized spacial score (nSPS) is 14.9. The van der Waals surface area contributed by atoms with E-state index in [0.717, 1.165) is 31.0 Å². The summed E-state index contributed by atoms with van der Waals surface area (Å²) in [6, 6.07) is 1.21. The van der Waals surface area contributed by atoms with Gasteiger partial charge in [0.1, 0.15) is 5.82 Å². The Labute approximate surface area is 173 Å². The Kier molecular flexibility index (Phi) is 6.55. The molecule has 0 aromatic carbocycles. The third-order valence-corrected chi connectivity index (χ3v) is 4.83. The first kappa shape index (κ1) is 21.9. The molecule has 1 aliphatic heterocycles. The average Bonchev–Trinajstić information content (AvgIpc) is 3.12. The van der Waals surface area contributed by atoms with Crippen molar-refractivity contribution in [2.45, 2.75) is 39.1 Å². The zero-order chi connectivity index (χ0) is 21.9. The van der Waals surface area contributed by atoms with Crippen molar-refractivity contribution in [3.8, 4) is 17.0 Å². The molecule has 2 N–H and O–H groups in total. The molecule has 2 aromatic rings. The Balaban J connectivity index is 1.80. The second-order valence-electron chi connectivity index (χ2n) is 7.40. The molecule has 0 amide bonds. The lowest BCUT2D eigenvalue weighted by atomic mass is 10.2. The van der Waals surface area contributed by atoms with E-state index in [0.29, 0.717) is 31.0 Å². The number of alkyl halides is 3. The van der Waals surface area contributed by atoms with Gasteiger partial charge in [-0.05, 0) is 6.07 Å². The molecule has 0 unspecified atom stereocenters. The van der Waals surface area contributed by atoms with Crippen molar-refractivity contribution in [1.29, 1.82) is 0 Å². The summed E-state index contributed by atoms with van der Waals surface area (Å²) in [6.45, 7) is 11.9. The molecule has 7 nitrogen and oxygen atoms in total. The van der Waals surface area contributed by atoms with E-state index in [1.54, 1.807) is 0 Å². The van der Waals surface area contributed by atoms with Gasteiger partial charge in [-0.3, -0.25) is 0 Å². The zero-order valence-electron chi connectivity index (χ0n) is 17.1. The minimum absolute atomic E-state index is 0.128. The standard InChI is InChI=1S/C20H26F3N5O2/c1-13(2)19-26-16(15-10-17(18(24)25-11-15)30-20(21,22)23)12-28(19)5-4-14(3)27-6-8-29-9-7-27/h10-13H,3-9H2,1-2H3,(H2,24,25). The number of nitrogens with two attached hydrogens (primary N) is 1. The quantitative estimate of drug-likeness (QED) is 0.727. The maximum atomic E-state index is 12.6. The molecule has 0 bridgehead atoms. The van der Waals surface area contributed by atoms with E-state index in [-0.39, 0.29) is 11.7 Å². The van der Waals surface area contributed by atoms with Crippen LogP contribution < -0.4 is 10.5 Å². The van der Waals surface area contributed by atoms with Crippen LogP contribution in [0, 0.1) is 0 Å². The lowest BCUT2D eigenvalue weighted by molar-refractivity contribution is -0.274. The zero-order valence-corrected chi connectivity index (χ0v) is 17.1. The van der Waals surface area contributed by atoms with Crippen LogP contribution in [0.15, 0.2) is 30.7 Å². The molecule has 0 aliphatic carbocycles. The highest BCUT2D eigenvalue weighted by atomic mass is 19.4. The fraction of sp³-hybridized carbons (Fsp3) is 0.500. The van der Waals surface area contributed by atoms with E-state index in [9.17, 15) is 13.2 Å². The Morgan fingerprint density at radius 2 is 2.03 bits per heavy atom. The monoisotopic (exact) mass is 425 g/mol. The van der Waals surface area contributed by atoms with Crippen LogP contribution in [0.1, 0.15) is 32.0 Å². The van der Waals surface area contributed by atoms with Gasteiger partial charge in [0.2, 0.25) is 0 Å². The molecule has 164 valence electrons. The largest absolute Gasteiger partial charge is 0.573 e. The van der Waals surface area contributed by atoms with Crippen LogP contribution in [0.4, 0.5) is 19.0 Å². The molecule has 3 heterocycles. The third kappa shape index (κ3) is 5.44. The minimum atomic E-state index is -4.85. The van der Waals surface area contributed by atoms with Crippen LogP contribution in [0.2, 0.25) is 0 Å². The fourth-order valence-electron chi connectivity index (χ4n) is 3.30. The number of morpholine rings is 1.